The molecule has 0 aliphatic rings. The number of aryl methyl sites for hydroxylation is 1. The van der Waals surface area contributed by atoms with Crippen LogP contribution in [0.3, 0.4) is 0 Å². The summed E-state index contributed by atoms with van der Waals surface area (Å²) >= 11 is 1.25. The molecule has 12 nitrogen and oxygen atoms in total. The third-order valence-corrected chi connectivity index (χ3v) is 7.43. The van der Waals surface area contributed by atoms with Crippen molar-refractivity contribution in [3.63, 3.8) is 0 Å². The van der Waals surface area contributed by atoms with Gasteiger partial charge in [-0.1, -0.05) is 34.7 Å². The van der Waals surface area contributed by atoms with Crippen LogP contribution in [0, 0.1) is 6.92 Å². The van der Waals surface area contributed by atoms with Crippen LogP contribution in [0.4, 0.5) is 22.3 Å². The number of aromatic nitrogens is 3. The summed E-state index contributed by atoms with van der Waals surface area (Å²) in [6.45, 7) is 1.92. The lowest BCUT2D eigenvalue weighted by atomic mass is 10.1. The molecule has 0 aliphatic carbocycles. The van der Waals surface area contributed by atoms with Crippen LogP contribution in [-0.4, -0.2) is 49.5 Å². The normalized spacial score (nSPS) is 10.7. The largest absolute Gasteiger partial charge is 0.497 e. The van der Waals surface area contributed by atoms with E-state index in [2.05, 4.69) is 25.8 Å². The van der Waals surface area contributed by atoms with Crippen molar-refractivity contribution >= 4 is 39.6 Å². The molecule has 0 saturated carbocycles. The van der Waals surface area contributed by atoms with Crippen molar-refractivity contribution in [2.24, 2.45) is 0 Å². The van der Waals surface area contributed by atoms with Crippen LogP contribution >= 0.6 is 11.3 Å². The van der Waals surface area contributed by atoms with Crippen molar-refractivity contribution in [2.45, 2.75) is 13.3 Å². The van der Waals surface area contributed by atoms with Gasteiger partial charge in [0, 0.05) is 29.1 Å². The molecule has 0 radical (unpaired) electrons. The number of ether oxygens (including phenoxy) is 4. The summed E-state index contributed by atoms with van der Waals surface area (Å²) < 4.78 is 27.1. The molecule has 2 aromatic heterocycles. The molecule has 5 aromatic rings. The van der Waals surface area contributed by atoms with Crippen LogP contribution < -0.4 is 35.3 Å². The Morgan fingerprint density at radius 2 is 1.70 bits per heavy atom. The molecule has 43 heavy (non-hydrogen) atoms. The number of benzene rings is 3. The molecule has 0 atom stereocenters. The van der Waals surface area contributed by atoms with E-state index in [1.165, 1.54) is 18.4 Å². The Labute approximate surface area is 251 Å². The van der Waals surface area contributed by atoms with E-state index in [-0.39, 0.29) is 24.0 Å². The molecular formula is C30H30N6O6S. The van der Waals surface area contributed by atoms with Gasteiger partial charge in [-0.2, -0.15) is 4.98 Å². The number of amides is 1. The number of methoxy groups -OCH3 is 4. The summed E-state index contributed by atoms with van der Waals surface area (Å²) in [5.41, 5.74) is 9.94. The van der Waals surface area contributed by atoms with Gasteiger partial charge in [-0.3, -0.25) is 4.79 Å². The number of hydrogen-bond acceptors (Lipinski definition) is 12. The van der Waals surface area contributed by atoms with Crippen LogP contribution in [0.5, 0.6) is 23.0 Å². The number of hydrogen-bond donors (Lipinski definition) is 3. The SMILES string of the molecule is COc1cccc(CC(=O)Nc2ccc(C)c(-c3noc(-c4sc(Nc5cc(OC)c(OC)c(OC)c5)nc4N)n3)c2)c1. The van der Waals surface area contributed by atoms with Crippen molar-refractivity contribution in [1.82, 2.24) is 15.1 Å². The zero-order chi connectivity index (χ0) is 30.5. The zero-order valence-electron chi connectivity index (χ0n) is 24.2. The first-order chi connectivity index (χ1) is 20.8. The van der Waals surface area contributed by atoms with Gasteiger partial charge in [-0.05, 0) is 42.3 Å². The lowest BCUT2D eigenvalue weighted by Gasteiger charge is -2.14. The second kappa shape index (κ2) is 12.7. The Morgan fingerprint density at radius 1 is 0.930 bits per heavy atom. The van der Waals surface area contributed by atoms with Gasteiger partial charge in [0.2, 0.25) is 17.5 Å². The quantitative estimate of drug-likeness (QED) is 0.170. The topological polar surface area (TPSA) is 156 Å². The summed E-state index contributed by atoms with van der Waals surface area (Å²) in [4.78, 5) is 22.2. The van der Waals surface area contributed by atoms with Gasteiger partial charge in [0.05, 0.1) is 34.9 Å². The Hall–Kier alpha value is -5.30. The Bertz CT molecular complexity index is 1740. The van der Waals surface area contributed by atoms with E-state index >= 15 is 0 Å². The first-order valence-electron chi connectivity index (χ1n) is 13.0. The van der Waals surface area contributed by atoms with Gasteiger partial charge in [0.15, 0.2) is 16.6 Å². The van der Waals surface area contributed by atoms with E-state index in [0.717, 1.165) is 11.1 Å². The summed E-state index contributed by atoms with van der Waals surface area (Å²) in [5, 5.41) is 10.8. The van der Waals surface area contributed by atoms with Crippen LogP contribution in [0.1, 0.15) is 11.1 Å². The fraction of sp³-hybridized carbons (Fsp3) is 0.200. The molecule has 5 rings (SSSR count). The standard InChI is InChI=1S/C30H30N6O6S/c1-16-9-10-18(32-24(37)12-17-7-6-8-20(11-17)38-2)13-21(16)28-35-29(42-36-28)26-27(31)34-30(43-26)33-19-14-22(39-3)25(41-5)23(15-19)40-4/h6-11,13-15H,12,31H2,1-5H3,(H,32,37)(H,33,34). The van der Waals surface area contributed by atoms with Gasteiger partial charge in [-0.15, -0.1) is 0 Å². The van der Waals surface area contributed by atoms with E-state index in [1.807, 2.05) is 43.3 Å². The maximum Gasteiger partial charge on any atom is 0.272 e. The lowest BCUT2D eigenvalue weighted by molar-refractivity contribution is -0.115. The Morgan fingerprint density at radius 3 is 2.40 bits per heavy atom. The summed E-state index contributed by atoms with van der Waals surface area (Å²) in [6.07, 6.45) is 0.198. The number of carbonyl (C=O) groups is 1. The van der Waals surface area contributed by atoms with Crippen LogP contribution in [-0.2, 0) is 11.2 Å². The molecule has 0 unspecified atom stereocenters. The maximum atomic E-state index is 12.7. The van der Waals surface area contributed by atoms with Crippen molar-refractivity contribution < 1.29 is 28.3 Å². The average Bonchev–Trinajstić information content (AvgIpc) is 3.63. The van der Waals surface area contributed by atoms with Crippen molar-refractivity contribution in [2.75, 3.05) is 44.8 Å². The van der Waals surface area contributed by atoms with Crippen LogP contribution in [0.2, 0.25) is 0 Å². The predicted octanol–water partition coefficient (Wildman–Crippen LogP) is 5.71. The first kappa shape index (κ1) is 29.2. The highest BCUT2D eigenvalue weighted by Gasteiger charge is 2.20. The van der Waals surface area contributed by atoms with E-state index in [4.69, 9.17) is 29.2 Å². The number of rotatable bonds is 11. The summed E-state index contributed by atoms with van der Waals surface area (Å²) in [5.74, 6) is 2.78. The minimum Gasteiger partial charge on any atom is -0.497 e. The first-order valence-corrected chi connectivity index (χ1v) is 13.8. The van der Waals surface area contributed by atoms with Gasteiger partial charge >= 0.3 is 0 Å². The zero-order valence-corrected chi connectivity index (χ0v) is 25.0. The Kier molecular flexibility index (Phi) is 8.62. The van der Waals surface area contributed by atoms with Gasteiger partial charge in [-0.25, -0.2) is 4.98 Å². The average molecular weight is 603 g/mol. The molecule has 13 heteroatoms. The fourth-order valence-corrected chi connectivity index (χ4v) is 5.18. The van der Waals surface area contributed by atoms with Crippen molar-refractivity contribution in [1.29, 1.82) is 0 Å². The minimum absolute atomic E-state index is 0.165. The highest BCUT2D eigenvalue weighted by Crippen LogP contribution is 2.42. The van der Waals surface area contributed by atoms with E-state index in [1.54, 1.807) is 39.5 Å². The van der Waals surface area contributed by atoms with Gasteiger partial charge < -0.3 is 39.8 Å². The molecular weight excluding hydrogens is 572 g/mol. The van der Waals surface area contributed by atoms with Gasteiger partial charge in [0.25, 0.3) is 5.89 Å². The van der Waals surface area contributed by atoms with E-state index in [9.17, 15) is 4.79 Å². The molecule has 0 aliphatic heterocycles. The lowest BCUT2D eigenvalue weighted by Crippen LogP contribution is -2.14. The number of anilines is 4. The second-order valence-corrected chi connectivity index (χ2v) is 10.3. The molecule has 3 aromatic carbocycles. The van der Waals surface area contributed by atoms with E-state index in [0.29, 0.717) is 55.8 Å². The number of thiazole rings is 1. The molecule has 2 heterocycles. The molecule has 0 fully saturated rings. The number of carbonyl (C=O) groups excluding carboxylic acids is 1. The molecule has 4 N–H and O–H groups in total. The maximum absolute atomic E-state index is 12.7. The molecule has 0 spiro atoms. The highest BCUT2D eigenvalue weighted by molar-refractivity contribution is 7.19. The monoisotopic (exact) mass is 602 g/mol. The van der Waals surface area contributed by atoms with Crippen molar-refractivity contribution in [3.8, 4) is 45.2 Å². The smallest absolute Gasteiger partial charge is 0.272 e. The highest BCUT2D eigenvalue weighted by atomic mass is 32.1. The molecule has 0 saturated heterocycles. The van der Waals surface area contributed by atoms with Gasteiger partial charge in [0.1, 0.15) is 16.4 Å². The third kappa shape index (κ3) is 6.46. The number of nitrogen functional groups attached to an aromatic ring is 1. The second-order valence-electron chi connectivity index (χ2n) is 9.30. The fourth-order valence-electron chi connectivity index (χ4n) is 4.35. The predicted molar refractivity (Wildman–Crippen MR) is 165 cm³/mol. The molecule has 1 amide bonds. The Balaban J connectivity index is 1.33. The number of nitrogens with two attached hydrogens (primary N) is 1. The van der Waals surface area contributed by atoms with Crippen LogP contribution in [0.25, 0.3) is 22.2 Å². The molecule has 0 bridgehead atoms. The van der Waals surface area contributed by atoms with Crippen LogP contribution in [0.15, 0.2) is 59.1 Å². The summed E-state index contributed by atoms with van der Waals surface area (Å²) in [6, 6.07) is 16.4. The van der Waals surface area contributed by atoms with E-state index < -0.39 is 0 Å². The minimum atomic E-state index is -0.165. The number of nitrogens with one attached hydrogen (secondary N) is 2. The molecule has 222 valence electrons. The number of nitrogens with zero attached hydrogens (tertiary/aromatic N) is 3. The summed E-state index contributed by atoms with van der Waals surface area (Å²) in [7, 11) is 6.22. The van der Waals surface area contributed by atoms with Crippen molar-refractivity contribution in [3.05, 3.63) is 65.7 Å². The third-order valence-electron chi connectivity index (χ3n) is 6.45.